The first-order valence-electron chi connectivity index (χ1n) is 3.75. The van der Waals surface area contributed by atoms with Crippen molar-refractivity contribution in [3.8, 4) is 0 Å². The molecular weight excluding hydrogens is 212 g/mol. The van der Waals surface area contributed by atoms with Gasteiger partial charge in [-0.05, 0) is 11.6 Å². The minimum atomic E-state index is -2.55. The van der Waals surface area contributed by atoms with Crippen LogP contribution < -0.4 is 0 Å². The van der Waals surface area contributed by atoms with Crippen LogP contribution in [0.15, 0.2) is 23.2 Å². The topological polar surface area (TPSA) is 29.4 Å². The van der Waals surface area contributed by atoms with E-state index in [9.17, 15) is 13.6 Å². The Balaban J connectivity index is 2.95. The minimum Gasteiger partial charge on any atom is -0.211 e. The number of aliphatic imine (C=N–C) groups is 1. The molecule has 0 heterocycles. The minimum absolute atomic E-state index is 0.0614. The number of halogens is 3. The van der Waals surface area contributed by atoms with Crippen molar-refractivity contribution in [3.05, 3.63) is 34.3 Å². The fourth-order valence-corrected chi connectivity index (χ4v) is 1.19. The summed E-state index contributed by atoms with van der Waals surface area (Å²) in [7, 11) is 0. The molecule has 0 saturated heterocycles. The van der Waals surface area contributed by atoms with Gasteiger partial charge in [0, 0.05) is 10.6 Å². The SMILES string of the molecule is O=C=NCc1ccc(C(F)F)cc1Cl. The van der Waals surface area contributed by atoms with Crippen LogP contribution in [0.2, 0.25) is 5.02 Å². The molecule has 0 aliphatic heterocycles. The third-order valence-corrected chi connectivity index (χ3v) is 1.99. The first-order chi connectivity index (χ1) is 6.65. The maximum Gasteiger partial charge on any atom is 0.263 e. The third-order valence-electron chi connectivity index (χ3n) is 1.64. The van der Waals surface area contributed by atoms with E-state index >= 15 is 0 Å². The van der Waals surface area contributed by atoms with Gasteiger partial charge in [-0.2, -0.15) is 0 Å². The summed E-state index contributed by atoms with van der Waals surface area (Å²) in [6, 6.07) is 3.85. The molecule has 0 unspecified atom stereocenters. The highest BCUT2D eigenvalue weighted by Gasteiger charge is 2.09. The van der Waals surface area contributed by atoms with Crippen LogP contribution in [0.1, 0.15) is 17.6 Å². The molecule has 2 nitrogen and oxygen atoms in total. The number of nitrogens with zero attached hydrogens (tertiary/aromatic N) is 1. The van der Waals surface area contributed by atoms with Crippen LogP contribution in [0.5, 0.6) is 0 Å². The Bertz CT molecular complexity index is 375. The lowest BCUT2D eigenvalue weighted by molar-refractivity contribution is 0.151. The molecule has 14 heavy (non-hydrogen) atoms. The fraction of sp³-hybridized carbons (Fsp3) is 0.222. The zero-order valence-corrected chi connectivity index (χ0v) is 7.76. The van der Waals surface area contributed by atoms with Gasteiger partial charge in [0.2, 0.25) is 6.08 Å². The molecule has 0 atom stereocenters. The Hall–Kier alpha value is -1.25. The van der Waals surface area contributed by atoms with Crippen LogP contribution in [0, 0.1) is 0 Å². The number of rotatable bonds is 3. The van der Waals surface area contributed by atoms with Crippen molar-refractivity contribution in [1.29, 1.82) is 0 Å². The van der Waals surface area contributed by atoms with Crippen molar-refractivity contribution < 1.29 is 13.6 Å². The standard InChI is InChI=1S/C9H6ClF2NO/c10-8-3-6(9(11)12)1-2-7(8)4-13-5-14/h1-3,9H,4H2. The van der Waals surface area contributed by atoms with Gasteiger partial charge in [0.05, 0.1) is 6.54 Å². The van der Waals surface area contributed by atoms with Crippen LogP contribution in [-0.2, 0) is 11.3 Å². The second-order valence-electron chi connectivity index (χ2n) is 2.56. The zero-order chi connectivity index (χ0) is 10.6. The first-order valence-corrected chi connectivity index (χ1v) is 4.13. The lowest BCUT2D eigenvalue weighted by Crippen LogP contribution is -1.88. The van der Waals surface area contributed by atoms with Crippen molar-refractivity contribution in [3.63, 3.8) is 0 Å². The van der Waals surface area contributed by atoms with Gasteiger partial charge in [-0.25, -0.2) is 18.6 Å². The highest BCUT2D eigenvalue weighted by molar-refractivity contribution is 6.31. The maximum atomic E-state index is 12.2. The second kappa shape index (κ2) is 4.84. The highest BCUT2D eigenvalue weighted by Crippen LogP contribution is 2.25. The monoisotopic (exact) mass is 217 g/mol. The molecule has 0 radical (unpaired) electrons. The molecule has 0 amide bonds. The van der Waals surface area contributed by atoms with E-state index in [0.29, 0.717) is 5.56 Å². The van der Waals surface area contributed by atoms with Gasteiger partial charge < -0.3 is 0 Å². The van der Waals surface area contributed by atoms with Gasteiger partial charge in [0.25, 0.3) is 6.43 Å². The number of benzene rings is 1. The summed E-state index contributed by atoms with van der Waals surface area (Å²) in [5, 5.41) is 0.182. The fourth-order valence-electron chi connectivity index (χ4n) is 0.945. The summed E-state index contributed by atoms with van der Waals surface area (Å²) in [5.74, 6) is 0. The van der Waals surface area contributed by atoms with E-state index in [1.807, 2.05) is 0 Å². The third kappa shape index (κ3) is 2.62. The lowest BCUT2D eigenvalue weighted by Gasteiger charge is -2.03. The average molecular weight is 218 g/mol. The number of hydrogen-bond acceptors (Lipinski definition) is 2. The van der Waals surface area contributed by atoms with Crippen LogP contribution in [0.3, 0.4) is 0 Å². The van der Waals surface area contributed by atoms with E-state index in [2.05, 4.69) is 4.99 Å². The van der Waals surface area contributed by atoms with Crippen LogP contribution in [-0.4, -0.2) is 6.08 Å². The molecule has 0 fully saturated rings. The quantitative estimate of drug-likeness (QED) is 0.565. The normalized spacial score (nSPS) is 10.0. The highest BCUT2D eigenvalue weighted by atomic mass is 35.5. The molecule has 0 N–H and O–H groups in total. The molecule has 0 bridgehead atoms. The Morgan fingerprint density at radius 1 is 1.50 bits per heavy atom. The van der Waals surface area contributed by atoms with Gasteiger partial charge in [-0.1, -0.05) is 23.7 Å². The number of carbonyl (C=O) groups excluding carboxylic acids is 1. The van der Waals surface area contributed by atoms with Crippen molar-refractivity contribution in [2.75, 3.05) is 0 Å². The van der Waals surface area contributed by atoms with Gasteiger partial charge in [0.1, 0.15) is 0 Å². The number of alkyl halides is 2. The summed E-state index contributed by atoms with van der Waals surface area (Å²) in [5.41, 5.74) is 0.383. The first kappa shape index (κ1) is 10.8. The summed E-state index contributed by atoms with van der Waals surface area (Å²) in [6.07, 6.45) is -1.20. The van der Waals surface area contributed by atoms with E-state index in [4.69, 9.17) is 11.6 Å². The van der Waals surface area contributed by atoms with Crippen LogP contribution >= 0.6 is 11.6 Å². The predicted octanol–water partition coefficient (Wildman–Crippen LogP) is 3.11. The Kier molecular flexibility index (Phi) is 3.74. The smallest absolute Gasteiger partial charge is 0.211 e. The van der Waals surface area contributed by atoms with E-state index in [1.165, 1.54) is 24.3 Å². The van der Waals surface area contributed by atoms with Gasteiger partial charge in [-0.15, -0.1) is 0 Å². The van der Waals surface area contributed by atoms with Crippen molar-refractivity contribution >= 4 is 17.7 Å². The molecule has 0 aliphatic rings. The molecule has 1 aromatic rings. The number of hydrogen-bond donors (Lipinski definition) is 0. The molecule has 0 saturated carbocycles. The number of isocyanates is 1. The van der Waals surface area contributed by atoms with E-state index in [1.54, 1.807) is 0 Å². The van der Waals surface area contributed by atoms with Crippen molar-refractivity contribution in [2.45, 2.75) is 13.0 Å². The summed E-state index contributed by atoms with van der Waals surface area (Å²) >= 11 is 5.69. The molecule has 0 spiro atoms. The van der Waals surface area contributed by atoms with Gasteiger partial charge in [0.15, 0.2) is 0 Å². The predicted molar refractivity (Wildman–Crippen MR) is 48.2 cm³/mol. The van der Waals surface area contributed by atoms with Crippen molar-refractivity contribution in [1.82, 2.24) is 0 Å². The molecule has 0 aromatic heterocycles. The molecule has 5 heteroatoms. The average Bonchev–Trinajstić information content (AvgIpc) is 2.15. The maximum absolute atomic E-state index is 12.2. The molecule has 0 aliphatic carbocycles. The van der Waals surface area contributed by atoms with E-state index in [0.717, 1.165) is 0 Å². The molecule has 1 aromatic carbocycles. The molecular formula is C9H6ClF2NO. The largest absolute Gasteiger partial charge is 0.263 e. The van der Waals surface area contributed by atoms with E-state index in [-0.39, 0.29) is 17.1 Å². The van der Waals surface area contributed by atoms with Gasteiger partial charge in [-0.3, -0.25) is 0 Å². The van der Waals surface area contributed by atoms with E-state index < -0.39 is 6.43 Å². The summed E-state index contributed by atoms with van der Waals surface area (Å²) in [6.45, 7) is 0.0614. The Labute approximate surface area is 84.2 Å². The zero-order valence-electron chi connectivity index (χ0n) is 7.01. The molecule has 1 rings (SSSR count). The Morgan fingerprint density at radius 3 is 2.71 bits per heavy atom. The van der Waals surface area contributed by atoms with Crippen molar-refractivity contribution in [2.24, 2.45) is 4.99 Å². The summed E-state index contributed by atoms with van der Waals surface area (Å²) in [4.78, 5) is 13.1. The van der Waals surface area contributed by atoms with Gasteiger partial charge >= 0.3 is 0 Å². The summed E-state index contributed by atoms with van der Waals surface area (Å²) < 4.78 is 24.4. The molecule has 74 valence electrons. The Morgan fingerprint density at radius 2 is 2.21 bits per heavy atom. The van der Waals surface area contributed by atoms with Crippen LogP contribution in [0.25, 0.3) is 0 Å². The second-order valence-corrected chi connectivity index (χ2v) is 2.97. The van der Waals surface area contributed by atoms with Crippen LogP contribution in [0.4, 0.5) is 8.78 Å². The lowest BCUT2D eigenvalue weighted by atomic mass is 10.1.